The van der Waals surface area contributed by atoms with Gasteiger partial charge in [-0.05, 0) is 24.1 Å². The van der Waals surface area contributed by atoms with E-state index in [9.17, 15) is 4.79 Å². The quantitative estimate of drug-likeness (QED) is 0.784. The molecular formula is C17H16N4O. The number of hydrogen-bond acceptors (Lipinski definition) is 3. The molecule has 3 aromatic rings. The van der Waals surface area contributed by atoms with Gasteiger partial charge in [-0.1, -0.05) is 30.3 Å². The number of aromatic nitrogens is 3. The Bertz CT molecular complexity index is 721. The van der Waals surface area contributed by atoms with E-state index in [0.717, 1.165) is 12.2 Å². The molecule has 1 aromatic carbocycles. The standard InChI is InChI=1S/C17H16N4O/c22-17(19-9-8-14-4-2-1-3-5-14)15-6-7-16(20-12-15)21-11-10-18-13-21/h1-7,10-13H,8-9H2,(H,19,22). The Labute approximate surface area is 128 Å². The van der Waals surface area contributed by atoms with Crippen LogP contribution in [0.3, 0.4) is 0 Å². The van der Waals surface area contributed by atoms with E-state index in [2.05, 4.69) is 15.3 Å². The summed E-state index contributed by atoms with van der Waals surface area (Å²) in [6, 6.07) is 13.6. The summed E-state index contributed by atoms with van der Waals surface area (Å²) in [6.45, 7) is 0.603. The monoisotopic (exact) mass is 292 g/mol. The van der Waals surface area contributed by atoms with Gasteiger partial charge in [-0.25, -0.2) is 9.97 Å². The molecule has 0 aliphatic rings. The van der Waals surface area contributed by atoms with Crippen LogP contribution < -0.4 is 5.32 Å². The van der Waals surface area contributed by atoms with Crippen LogP contribution >= 0.6 is 0 Å². The van der Waals surface area contributed by atoms with Crippen molar-refractivity contribution in [3.05, 3.63) is 78.5 Å². The molecule has 0 aliphatic carbocycles. The molecule has 5 heteroatoms. The summed E-state index contributed by atoms with van der Waals surface area (Å²) >= 11 is 0. The number of imidazole rings is 1. The van der Waals surface area contributed by atoms with Crippen molar-refractivity contribution in [1.29, 1.82) is 0 Å². The molecule has 0 saturated heterocycles. The second-order valence-corrected chi connectivity index (χ2v) is 4.87. The molecule has 0 saturated carbocycles. The fourth-order valence-electron chi connectivity index (χ4n) is 2.13. The van der Waals surface area contributed by atoms with E-state index in [4.69, 9.17) is 0 Å². The Morgan fingerprint density at radius 1 is 1.14 bits per heavy atom. The second kappa shape index (κ2) is 6.67. The van der Waals surface area contributed by atoms with E-state index >= 15 is 0 Å². The molecule has 0 atom stereocenters. The van der Waals surface area contributed by atoms with Gasteiger partial charge in [0.15, 0.2) is 0 Å². The lowest BCUT2D eigenvalue weighted by atomic mass is 10.1. The molecule has 0 aliphatic heterocycles. The summed E-state index contributed by atoms with van der Waals surface area (Å²) in [5.74, 6) is 0.624. The normalized spacial score (nSPS) is 10.4. The molecule has 0 spiro atoms. The van der Waals surface area contributed by atoms with Crippen LogP contribution in [0.15, 0.2) is 67.4 Å². The summed E-state index contributed by atoms with van der Waals surface area (Å²) in [4.78, 5) is 20.3. The molecule has 5 nitrogen and oxygen atoms in total. The number of carbonyl (C=O) groups excluding carboxylic acids is 1. The predicted octanol–water partition coefficient (Wildman–Crippen LogP) is 2.24. The van der Waals surface area contributed by atoms with Crippen LogP contribution in [0.4, 0.5) is 0 Å². The van der Waals surface area contributed by atoms with Crippen molar-refractivity contribution < 1.29 is 4.79 Å². The summed E-state index contributed by atoms with van der Waals surface area (Å²) in [5, 5.41) is 2.90. The van der Waals surface area contributed by atoms with E-state index in [-0.39, 0.29) is 5.91 Å². The van der Waals surface area contributed by atoms with Crippen LogP contribution in [0.1, 0.15) is 15.9 Å². The van der Waals surface area contributed by atoms with Crippen LogP contribution in [-0.2, 0) is 6.42 Å². The zero-order chi connectivity index (χ0) is 15.2. The third-order valence-electron chi connectivity index (χ3n) is 3.32. The molecule has 0 unspecified atom stereocenters. The highest BCUT2D eigenvalue weighted by atomic mass is 16.1. The minimum Gasteiger partial charge on any atom is -0.352 e. The molecule has 1 N–H and O–H groups in total. The van der Waals surface area contributed by atoms with E-state index in [0.29, 0.717) is 12.1 Å². The highest BCUT2D eigenvalue weighted by Gasteiger charge is 2.06. The molecule has 2 heterocycles. The van der Waals surface area contributed by atoms with Crippen molar-refractivity contribution in [3.63, 3.8) is 0 Å². The van der Waals surface area contributed by atoms with Gasteiger partial charge < -0.3 is 5.32 Å². The van der Waals surface area contributed by atoms with Crippen molar-refractivity contribution in [2.75, 3.05) is 6.54 Å². The van der Waals surface area contributed by atoms with Gasteiger partial charge in [0.2, 0.25) is 0 Å². The molecule has 110 valence electrons. The smallest absolute Gasteiger partial charge is 0.252 e. The van der Waals surface area contributed by atoms with Crippen molar-refractivity contribution >= 4 is 5.91 Å². The first kappa shape index (κ1) is 14.0. The fourth-order valence-corrected chi connectivity index (χ4v) is 2.13. The maximum atomic E-state index is 12.1. The molecule has 1 amide bonds. The number of nitrogens with zero attached hydrogens (tertiary/aromatic N) is 3. The van der Waals surface area contributed by atoms with Crippen LogP contribution in [0.5, 0.6) is 0 Å². The lowest BCUT2D eigenvalue weighted by molar-refractivity contribution is 0.0954. The highest BCUT2D eigenvalue weighted by molar-refractivity contribution is 5.93. The topological polar surface area (TPSA) is 59.8 Å². The van der Waals surface area contributed by atoms with Gasteiger partial charge in [-0.15, -0.1) is 0 Å². The summed E-state index contributed by atoms with van der Waals surface area (Å²) in [6.07, 6.45) is 7.55. The van der Waals surface area contributed by atoms with Crippen molar-refractivity contribution in [2.45, 2.75) is 6.42 Å². The maximum absolute atomic E-state index is 12.1. The zero-order valence-corrected chi connectivity index (χ0v) is 12.0. The Kier molecular flexibility index (Phi) is 4.25. The van der Waals surface area contributed by atoms with E-state index in [1.807, 2.05) is 36.5 Å². The molecule has 0 radical (unpaired) electrons. The average Bonchev–Trinajstić information content (AvgIpc) is 3.10. The number of rotatable bonds is 5. The lowest BCUT2D eigenvalue weighted by Crippen LogP contribution is -2.25. The van der Waals surface area contributed by atoms with Gasteiger partial charge in [0, 0.05) is 25.1 Å². The van der Waals surface area contributed by atoms with Gasteiger partial charge in [0.25, 0.3) is 5.91 Å². The SMILES string of the molecule is O=C(NCCc1ccccc1)c1ccc(-n2ccnc2)nc1. The van der Waals surface area contributed by atoms with Crippen LogP contribution in [0, 0.1) is 0 Å². The van der Waals surface area contributed by atoms with Crippen LogP contribution in [0.2, 0.25) is 0 Å². The van der Waals surface area contributed by atoms with E-state index < -0.39 is 0 Å². The Morgan fingerprint density at radius 3 is 2.68 bits per heavy atom. The fraction of sp³-hybridized carbons (Fsp3) is 0.118. The first-order chi connectivity index (χ1) is 10.8. The summed E-state index contributed by atoms with van der Waals surface area (Å²) in [7, 11) is 0. The molecule has 2 aromatic heterocycles. The van der Waals surface area contributed by atoms with Crippen molar-refractivity contribution in [1.82, 2.24) is 19.9 Å². The average molecular weight is 292 g/mol. The highest BCUT2D eigenvalue weighted by Crippen LogP contribution is 2.05. The summed E-state index contributed by atoms with van der Waals surface area (Å²) < 4.78 is 1.79. The number of carbonyl (C=O) groups is 1. The Morgan fingerprint density at radius 2 is 2.00 bits per heavy atom. The van der Waals surface area contributed by atoms with Crippen LogP contribution in [0.25, 0.3) is 5.82 Å². The predicted molar refractivity (Wildman–Crippen MR) is 83.8 cm³/mol. The number of benzene rings is 1. The number of hydrogen-bond donors (Lipinski definition) is 1. The van der Waals surface area contributed by atoms with Gasteiger partial charge in [0.05, 0.1) is 5.56 Å². The number of amides is 1. The lowest BCUT2D eigenvalue weighted by Gasteiger charge is -2.06. The van der Waals surface area contributed by atoms with Gasteiger partial charge in [0.1, 0.15) is 12.1 Å². The van der Waals surface area contributed by atoms with E-state index in [1.165, 1.54) is 5.56 Å². The van der Waals surface area contributed by atoms with Gasteiger partial charge in [-0.3, -0.25) is 9.36 Å². The molecule has 22 heavy (non-hydrogen) atoms. The number of nitrogens with one attached hydrogen (secondary N) is 1. The first-order valence-corrected chi connectivity index (χ1v) is 7.09. The molecule has 3 rings (SSSR count). The minimum absolute atomic E-state index is 0.111. The van der Waals surface area contributed by atoms with Crippen LogP contribution in [-0.4, -0.2) is 27.0 Å². The molecule has 0 bridgehead atoms. The molecule has 0 fully saturated rings. The Hall–Kier alpha value is -2.95. The molecular weight excluding hydrogens is 276 g/mol. The zero-order valence-electron chi connectivity index (χ0n) is 12.0. The maximum Gasteiger partial charge on any atom is 0.252 e. The van der Waals surface area contributed by atoms with Gasteiger partial charge in [-0.2, -0.15) is 0 Å². The van der Waals surface area contributed by atoms with Crippen molar-refractivity contribution in [3.8, 4) is 5.82 Å². The Balaban J connectivity index is 1.56. The first-order valence-electron chi connectivity index (χ1n) is 7.09. The second-order valence-electron chi connectivity index (χ2n) is 4.87. The minimum atomic E-state index is -0.111. The van der Waals surface area contributed by atoms with Crippen molar-refractivity contribution in [2.24, 2.45) is 0 Å². The number of pyridine rings is 1. The summed E-state index contributed by atoms with van der Waals surface area (Å²) in [5.41, 5.74) is 1.76. The third kappa shape index (κ3) is 3.38. The van der Waals surface area contributed by atoms with Gasteiger partial charge >= 0.3 is 0 Å². The third-order valence-corrected chi connectivity index (χ3v) is 3.32. The largest absolute Gasteiger partial charge is 0.352 e. The van der Waals surface area contributed by atoms with E-state index in [1.54, 1.807) is 35.4 Å².